The summed E-state index contributed by atoms with van der Waals surface area (Å²) in [4.78, 5) is 10.9. The highest BCUT2D eigenvalue weighted by molar-refractivity contribution is 5.82. The number of rotatable bonds is 2. The zero-order valence-corrected chi connectivity index (χ0v) is 9.53. The zero-order valence-electron chi connectivity index (χ0n) is 9.53. The van der Waals surface area contributed by atoms with Crippen LogP contribution < -0.4 is 10.6 Å². The van der Waals surface area contributed by atoms with Crippen LogP contribution >= 0.6 is 0 Å². The molecule has 1 aliphatic heterocycles. The summed E-state index contributed by atoms with van der Waals surface area (Å²) in [5, 5.41) is 4.23. The van der Waals surface area contributed by atoms with Crippen molar-refractivity contribution in [2.75, 3.05) is 13.1 Å². The molecule has 0 aliphatic carbocycles. The van der Waals surface area contributed by atoms with Crippen LogP contribution in [0.25, 0.3) is 0 Å². The maximum Gasteiger partial charge on any atom is 0.471 e. The second-order valence-corrected chi connectivity index (χ2v) is 4.81. The molecule has 0 saturated carbocycles. The molecule has 0 aromatic heterocycles. The van der Waals surface area contributed by atoms with E-state index in [2.05, 4.69) is 10.6 Å². The van der Waals surface area contributed by atoms with Gasteiger partial charge in [0.25, 0.3) is 0 Å². The zero-order chi connectivity index (χ0) is 12.4. The second-order valence-electron chi connectivity index (χ2n) is 4.81. The SMILES string of the molecule is CC(C)(NC(=O)C(F)(F)F)C1CC[NH2+]CC1. The van der Waals surface area contributed by atoms with Gasteiger partial charge in [-0.05, 0) is 19.8 Å². The molecule has 0 aromatic rings. The molecule has 1 heterocycles. The molecule has 1 rings (SSSR count). The van der Waals surface area contributed by atoms with Crippen LogP contribution in [-0.4, -0.2) is 30.7 Å². The molecule has 1 saturated heterocycles. The summed E-state index contributed by atoms with van der Waals surface area (Å²) < 4.78 is 36.4. The number of quaternary nitrogens is 1. The highest BCUT2D eigenvalue weighted by atomic mass is 19.4. The van der Waals surface area contributed by atoms with Crippen LogP contribution in [0.5, 0.6) is 0 Å². The summed E-state index contributed by atoms with van der Waals surface area (Å²) in [7, 11) is 0. The predicted octanol–water partition coefficient (Wildman–Crippen LogP) is 0.417. The quantitative estimate of drug-likeness (QED) is 0.720. The first-order chi connectivity index (χ1) is 7.23. The Bertz CT molecular complexity index is 257. The fraction of sp³-hybridized carbons (Fsp3) is 0.900. The molecule has 94 valence electrons. The lowest BCUT2D eigenvalue weighted by atomic mass is 9.81. The fourth-order valence-corrected chi connectivity index (χ4v) is 2.11. The standard InChI is InChI=1S/C10H17F3N2O/c1-9(2,7-3-5-14-6-4-7)15-8(16)10(11,12)13/h7,14H,3-6H2,1-2H3,(H,15,16)/p+1. The molecule has 0 radical (unpaired) electrons. The van der Waals surface area contributed by atoms with Crippen LogP contribution in [0.15, 0.2) is 0 Å². The van der Waals surface area contributed by atoms with Gasteiger partial charge in [0.15, 0.2) is 0 Å². The topological polar surface area (TPSA) is 45.7 Å². The highest BCUT2D eigenvalue weighted by Crippen LogP contribution is 2.26. The Morgan fingerprint density at radius 3 is 2.19 bits per heavy atom. The van der Waals surface area contributed by atoms with Crippen LogP contribution in [0.2, 0.25) is 0 Å². The number of nitrogens with one attached hydrogen (secondary N) is 1. The Labute approximate surface area is 92.8 Å². The first kappa shape index (κ1) is 13.3. The van der Waals surface area contributed by atoms with Crippen LogP contribution in [0, 0.1) is 5.92 Å². The van der Waals surface area contributed by atoms with Crippen molar-refractivity contribution in [1.29, 1.82) is 0 Å². The molecule has 0 spiro atoms. The van der Waals surface area contributed by atoms with Crippen molar-refractivity contribution >= 4 is 5.91 Å². The van der Waals surface area contributed by atoms with E-state index in [9.17, 15) is 18.0 Å². The highest BCUT2D eigenvalue weighted by Gasteiger charge is 2.43. The van der Waals surface area contributed by atoms with Crippen molar-refractivity contribution < 1.29 is 23.3 Å². The lowest BCUT2D eigenvalue weighted by Crippen LogP contribution is -2.87. The van der Waals surface area contributed by atoms with Crippen molar-refractivity contribution in [2.24, 2.45) is 5.92 Å². The third kappa shape index (κ3) is 3.37. The number of amides is 1. The smallest absolute Gasteiger partial charge is 0.346 e. The van der Waals surface area contributed by atoms with Crippen LogP contribution in [-0.2, 0) is 4.79 Å². The van der Waals surface area contributed by atoms with E-state index in [-0.39, 0.29) is 5.92 Å². The number of carbonyl (C=O) groups excluding carboxylic acids is 1. The van der Waals surface area contributed by atoms with Gasteiger partial charge in [0, 0.05) is 18.4 Å². The Hall–Kier alpha value is -0.780. The molecule has 0 unspecified atom stereocenters. The maximum absolute atomic E-state index is 12.1. The van der Waals surface area contributed by atoms with E-state index in [0.717, 1.165) is 25.9 Å². The Morgan fingerprint density at radius 2 is 1.75 bits per heavy atom. The average Bonchev–Trinajstić information content (AvgIpc) is 2.17. The van der Waals surface area contributed by atoms with Gasteiger partial charge in [-0.2, -0.15) is 13.2 Å². The second kappa shape index (κ2) is 4.61. The number of alkyl halides is 3. The lowest BCUT2D eigenvalue weighted by molar-refractivity contribution is -0.665. The largest absolute Gasteiger partial charge is 0.471 e. The number of hydrogen-bond acceptors (Lipinski definition) is 1. The van der Waals surface area contributed by atoms with Crippen LogP contribution in [0.4, 0.5) is 13.2 Å². The summed E-state index contributed by atoms with van der Waals surface area (Å²) in [5.74, 6) is -1.73. The first-order valence-corrected chi connectivity index (χ1v) is 5.44. The van der Waals surface area contributed by atoms with Gasteiger partial charge in [-0.3, -0.25) is 4.79 Å². The molecule has 6 heteroatoms. The normalized spacial score (nSPS) is 19.6. The van der Waals surface area contributed by atoms with Crippen molar-refractivity contribution in [1.82, 2.24) is 5.32 Å². The van der Waals surface area contributed by atoms with Gasteiger partial charge in [0.1, 0.15) is 0 Å². The van der Waals surface area contributed by atoms with Crippen molar-refractivity contribution in [3.63, 3.8) is 0 Å². The van der Waals surface area contributed by atoms with E-state index in [4.69, 9.17) is 0 Å². The maximum atomic E-state index is 12.1. The molecule has 1 fully saturated rings. The number of piperidine rings is 1. The number of halogens is 3. The molecule has 0 aromatic carbocycles. The Balaban J connectivity index is 2.59. The first-order valence-electron chi connectivity index (χ1n) is 5.44. The van der Waals surface area contributed by atoms with Crippen LogP contribution in [0.1, 0.15) is 26.7 Å². The monoisotopic (exact) mass is 239 g/mol. The summed E-state index contributed by atoms with van der Waals surface area (Å²) in [6.45, 7) is 5.14. The molecule has 1 aliphatic rings. The molecular weight excluding hydrogens is 221 g/mol. The minimum absolute atomic E-state index is 0.115. The molecule has 3 N–H and O–H groups in total. The summed E-state index contributed by atoms with van der Waals surface area (Å²) >= 11 is 0. The van der Waals surface area contributed by atoms with Crippen molar-refractivity contribution in [3.8, 4) is 0 Å². The third-order valence-corrected chi connectivity index (χ3v) is 3.15. The van der Waals surface area contributed by atoms with E-state index in [1.165, 1.54) is 0 Å². The number of nitrogens with two attached hydrogens (primary N) is 1. The van der Waals surface area contributed by atoms with Gasteiger partial charge in [-0.15, -0.1) is 0 Å². The van der Waals surface area contributed by atoms with E-state index in [1.807, 2.05) is 0 Å². The predicted molar refractivity (Wildman–Crippen MR) is 52.7 cm³/mol. The van der Waals surface area contributed by atoms with Gasteiger partial charge >= 0.3 is 12.1 Å². The van der Waals surface area contributed by atoms with Gasteiger partial charge in [0.05, 0.1) is 13.1 Å². The van der Waals surface area contributed by atoms with E-state index in [1.54, 1.807) is 13.8 Å². The Kier molecular flexibility index (Phi) is 3.83. The number of hydrogen-bond donors (Lipinski definition) is 2. The molecule has 16 heavy (non-hydrogen) atoms. The van der Waals surface area contributed by atoms with Gasteiger partial charge in [0.2, 0.25) is 0 Å². The molecular formula is C10H18F3N2O+. The van der Waals surface area contributed by atoms with Crippen LogP contribution in [0.3, 0.4) is 0 Å². The number of carbonyl (C=O) groups is 1. The molecule has 0 atom stereocenters. The third-order valence-electron chi connectivity index (χ3n) is 3.15. The average molecular weight is 239 g/mol. The van der Waals surface area contributed by atoms with E-state index in [0.29, 0.717) is 0 Å². The molecule has 1 amide bonds. The fourth-order valence-electron chi connectivity index (χ4n) is 2.11. The Morgan fingerprint density at radius 1 is 1.25 bits per heavy atom. The van der Waals surface area contributed by atoms with Crippen molar-refractivity contribution in [3.05, 3.63) is 0 Å². The molecule has 3 nitrogen and oxygen atoms in total. The van der Waals surface area contributed by atoms with Gasteiger partial charge in [-0.25, -0.2) is 0 Å². The van der Waals surface area contributed by atoms with E-state index >= 15 is 0 Å². The minimum atomic E-state index is -4.79. The minimum Gasteiger partial charge on any atom is -0.346 e. The van der Waals surface area contributed by atoms with Gasteiger partial charge in [-0.1, -0.05) is 0 Å². The summed E-state index contributed by atoms with van der Waals surface area (Å²) in [5.41, 5.74) is -0.791. The van der Waals surface area contributed by atoms with E-state index < -0.39 is 17.6 Å². The van der Waals surface area contributed by atoms with Crippen molar-refractivity contribution in [2.45, 2.75) is 38.4 Å². The molecule has 0 bridgehead atoms. The van der Waals surface area contributed by atoms with Gasteiger partial charge < -0.3 is 10.6 Å². The summed E-state index contributed by atoms with van der Waals surface area (Å²) in [6.07, 6.45) is -3.12. The lowest BCUT2D eigenvalue weighted by Gasteiger charge is -2.36. The summed E-state index contributed by atoms with van der Waals surface area (Å²) in [6, 6.07) is 0.